The van der Waals surface area contributed by atoms with Crippen molar-refractivity contribution in [2.24, 2.45) is 11.8 Å². The highest BCUT2D eigenvalue weighted by Crippen LogP contribution is 2.21. The Labute approximate surface area is 114 Å². The third-order valence-electron chi connectivity index (χ3n) is 3.81. The van der Waals surface area contributed by atoms with Gasteiger partial charge >= 0.3 is 0 Å². The van der Waals surface area contributed by atoms with E-state index >= 15 is 0 Å². The van der Waals surface area contributed by atoms with Crippen molar-refractivity contribution in [2.75, 3.05) is 20.2 Å². The van der Waals surface area contributed by atoms with Crippen LogP contribution in [0.2, 0.25) is 0 Å². The van der Waals surface area contributed by atoms with Gasteiger partial charge in [0, 0.05) is 6.54 Å². The number of benzene rings is 1. The van der Waals surface area contributed by atoms with Gasteiger partial charge in [-0.25, -0.2) is 0 Å². The van der Waals surface area contributed by atoms with Crippen LogP contribution in [-0.2, 0) is 4.79 Å². The Hall–Kier alpha value is -1.55. The maximum Gasteiger partial charge on any atom is 0.225 e. The van der Waals surface area contributed by atoms with E-state index in [0.29, 0.717) is 5.92 Å². The summed E-state index contributed by atoms with van der Waals surface area (Å²) in [5.41, 5.74) is 1.06. The molecule has 0 aromatic heterocycles. The van der Waals surface area contributed by atoms with Crippen molar-refractivity contribution in [3.8, 4) is 5.75 Å². The van der Waals surface area contributed by atoms with Gasteiger partial charge in [-0.1, -0.05) is 19.1 Å². The lowest BCUT2D eigenvalue weighted by molar-refractivity contribution is -0.126. The van der Waals surface area contributed by atoms with Crippen LogP contribution in [0.25, 0.3) is 0 Å². The molecule has 1 aliphatic rings. The molecule has 1 aromatic carbocycles. The van der Waals surface area contributed by atoms with Crippen LogP contribution in [0.3, 0.4) is 0 Å². The van der Waals surface area contributed by atoms with Crippen LogP contribution in [0.5, 0.6) is 5.75 Å². The Morgan fingerprint density at radius 2 is 2.26 bits per heavy atom. The number of amides is 1. The molecular formula is C15H22N2O2. The molecular weight excluding hydrogens is 240 g/mol. The van der Waals surface area contributed by atoms with Gasteiger partial charge in [0.05, 0.1) is 19.1 Å². The highest BCUT2D eigenvalue weighted by atomic mass is 16.5. The first-order chi connectivity index (χ1) is 9.11. The van der Waals surface area contributed by atoms with Gasteiger partial charge in [0.2, 0.25) is 5.91 Å². The van der Waals surface area contributed by atoms with Gasteiger partial charge in [-0.05, 0) is 37.1 Å². The molecule has 0 spiro atoms. The number of methoxy groups -OCH3 is 1. The van der Waals surface area contributed by atoms with E-state index in [0.717, 1.165) is 24.4 Å². The van der Waals surface area contributed by atoms with Crippen molar-refractivity contribution in [2.45, 2.75) is 19.9 Å². The predicted molar refractivity (Wildman–Crippen MR) is 75.1 cm³/mol. The highest BCUT2D eigenvalue weighted by Gasteiger charge is 2.30. The van der Waals surface area contributed by atoms with Crippen LogP contribution in [-0.4, -0.2) is 26.1 Å². The van der Waals surface area contributed by atoms with Crippen molar-refractivity contribution in [3.05, 3.63) is 29.8 Å². The fourth-order valence-electron chi connectivity index (χ4n) is 2.48. The predicted octanol–water partition coefficient (Wildman–Crippen LogP) is 1.73. The fraction of sp³-hybridized carbons (Fsp3) is 0.533. The van der Waals surface area contributed by atoms with E-state index < -0.39 is 0 Å². The van der Waals surface area contributed by atoms with Crippen molar-refractivity contribution in [3.63, 3.8) is 0 Å². The summed E-state index contributed by atoms with van der Waals surface area (Å²) in [6.45, 7) is 5.81. The molecule has 1 aromatic rings. The molecule has 0 aliphatic carbocycles. The number of rotatable bonds is 4. The molecule has 0 bridgehead atoms. The highest BCUT2D eigenvalue weighted by molar-refractivity contribution is 5.80. The minimum atomic E-state index is -0.00426. The molecule has 1 amide bonds. The Morgan fingerprint density at radius 1 is 1.47 bits per heavy atom. The van der Waals surface area contributed by atoms with Crippen LogP contribution in [0.15, 0.2) is 24.3 Å². The van der Waals surface area contributed by atoms with E-state index in [-0.39, 0.29) is 17.9 Å². The van der Waals surface area contributed by atoms with Gasteiger partial charge in [0.15, 0.2) is 0 Å². The maximum absolute atomic E-state index is 12.2. The second kappa shape index (κ2) is 6.06. The molecule has 1 aliphatic heterocycles. The molecule has 4 nitrogen and oxygen atoms in total. The first-order valence-electron chi connectivity index (χ1n) is 6.77. The lowest BCUT2D eigenvalue weighted by Gasteiger charge is -2.19. The number of carbonyl (C=O) groups is 1. The topological polar surface area (TPSA) is 50.4 Å². The third kappa shape index (κ3) is 3.26. The first-order valence-corrected chi connectivity index (χ1v) is 6.77. The average Bonchev–Trinajstić information content (AvgIpc) is 2.85. The Kier molecular flexibility index (Phi) is 4.43. The molecule has 2 rings (SSSR count). The smallest absolute Gasteiger partial charge is 0.225 e. The van der Waals surface area contributed by atoms with Crippen LogP contribution in [0, 0.1) is 11.8 Å². The van der Waals surface area contributed by atoms with E-state index in [1.54, 1.807) is 7.11 Å². The van der Waals surface area contributed by atoms with Crippen LogP contribution >= 0.6 is 0 Å². The zero-order valence-corrected chi connectivity index (χ0v) is 11.8. The molecule has 104 valence electrons. The van der Waals surface area contributed by atoms with Crippen LogP contribution in [0.1, 0.15) is 25.5 Å². The second-order valence-electron chi connectivity index (χ2n) is 5.25. The van der Waals surface area contributed by atoms with Gasteiger partial charge in [-0.2, -0.15) is 0 Å². The van der Waals surface area contributed by atoms with Gasteiger partial charge in [-0.3, -0.25) is 4.79 Å². The zero-order valence-electron chi connectivity index (χ0n) is 11.8. The monoisotopic (exact) mass is 262 g/mol. The van der Waals surface area contributed by atoms with E-state index in [1.807, 2.05) is 31.2 Å². The number of hydrogen-bond acceptors (Lipinski definition) is 3. The van der Waals surface area contributed by atoms with Crippen molar-refractivity contribution < 1.29 is 9.53 Å². The number of hydrogen-bond donors (Lipinski definition) is 2. The molecule has 0 radical (unpaired) electrons. The molecule has 1 fully saturated rings. The molecule has 3 atom stereocenters. The molecule has 4 heteroatoms. The minimum Gasteiger partial charge on any atom is -0.497 e. The summed E-state index contributed by atoms with van der Waals surface area (Å²) < 4.78 is 5.20. The van der Waals surface area contributed by atoms with E-state index in [2.05, 4.69) is 17.6 Å². The van der Waals surface area contributed by atoms with Crippen LogP contribution in [0.4, 0.5) is 0 Å². The Bertz CT molecular complexity index is 448. The Morgan fingerprint density at radius 3 is 2.89 bits per heavy atom. The molecule has 0 saturated carbocycles. The van der Waals surface area contributed by atoms with E-state index in [1.165, 1.54) is 0 Å². The summed E-state index contributed by atoms with van der Waals surface area (Å²) >= 11 is 0. The van der Waals surface area contributed by atoms with Crippen molar-refractivity contribution in [1.82, 2.24) is 10.6 Å². The number of ether oxygens (including phenoxy) is 1. The number of carbonyl (C=O) groups excluding carboxylic acids is 1. The van der Waals surface area contributed by atoms with Crippen LogP contribution < -0.4 is 15.4 Å². The summed E-state index contributed by atoms with van der Waals surface area (Å²) in [5, 5.41) is 6.34. The summed E-state index contributed by atoms with van der Waals surface area (Å²) in [4.78, 5) is 12.2. The second-order valence-corrected chi connectivity index (χ2v) is 5.25. The summed E-state index contributed by atoms with van der Waals surface area (Å²) in [6, 6.07) is 7.80. The standard InChI is InChI=1S/C15H22N2O2/c1-10-8-16-9-14(10)15(18)17-11(2)12-5-4-6-13(7-12)19-3/h4-7,10-11,14,16H,8-9H2,1-3H3,(H,17,18)/t10-,11-,14-/m1/s1. The quantitative estimate of drug-likeness (QED) is 0.869. The lowest BCUT2D eigenvalue weighted by atomic mass is 9.96. The van der Waals surface area contributed by atoms with E-state index in [9.17, 15) is 4.79 Å². The summed E-state index contributed by atoms with van der Waals surface area (Å²) in [7, 11) is 1.65. The Balaban J connectivity index is 1.99. The van der Waals surface area contributed by atoms with Crippen molar-refractivity contribution in [1.29, 1.82) is 0 Å². The van der Waals surface area contributed by atoms with Gasteiger partial charge in [0.25, 0.3) is 0 Å². The molecule has 0 unspecified atom stereocenters. The average molecular weight is 262 g/mol. The first kappa shape index (κ1) is 13.9. The van der Waals surface area contributed by atoms with Crippen molar-refractivity contribution >= 4 is 5.91 Å². The zero-order chi connectivity index (χ0) is 13.8. The molecule has 2 N–H and O–H groups in total. The van der Waals surface area contributed by atoms with Gasteiger partial charge in [0.1, 0.15) is 5.75 Å². The largest absolute Gasteiger partial charge is 0.497 e. The molecule has 1 heterocycles. The summed E-state index contributed by atoms with van der Waals surface area (Å²) in [6.07, 6.45) is 0. The van der Waals surface area contributed by atoms with Gasteiger partial charge in [-0.15, -0.1) is 0 Å². The number of nitrogens with one attached hydrogen (secondary N) is 2. The normalized spacial score (nSPS) is 23.9. The molecule has 19 heavy (non-hydrogen) atoms. The fourth-order valence-corrected chi connectivity index (χ4v) is 2.48. The molecule has 1 saturated heterocycles. The third-order valence-corrected chi connectivity index (χ3v) is 3.81. The lowest BCUT2D eigenvalue weighted by Crippen LogP contribution is -2.35. The van der Waals surface area contributed by atoms with E-state index in [4.69, 9.17) is 4.74 Å². The van der Waals surface area contributed by atoms with Gasteiger partial charge < -0.3 is 15.4 Å². The minimum absolute atomic E-state index is 0.00426. The SMILES string of the molecule is COc1cccc([C@@H](C)NC(=O)[C@@H]2CNC[C@H]2C)c1. The maximum atomic E-state index is 12.2. The summed E-state index contributed by atoms with van der Waals surface area (Å²) in [5.74, 6) is 1.42.